The first-order valence-corrected chi connectivity index (χ1v) is 8.40. The predicted octanol–water partition coefficient (Wildman–Crippen LogP) is 4.90. The molecular formula is C19H17BrN2O2. The summed E-state index contributed by atoms with van der Waals surface area (Å²) < 4.78 is 6.70. The van der Waals surface area contributed by atoms with Gasteiger partial charge in [-0.3, -0.25) is 4.79 Å². The van der Waals surface area contributed by atoms with Crippen LogP contribution in [0, 0.1) is 13.8 Å². The van der Waals surface area contributed by atoms with Crippen LogP contribution in [-0.4, -0.2) is 10.9 Å². The highest BCUT2D eigenvalue weighted by Crippen LogP contribution is 2.23. The number of oxazole rings is 1. The molecule has 1 N–H and O–H groups in total. The Balaban J connectivity index is 1.72. The van der Waals surface area contributed by atoms with Gasteiger partial charge in [0.1, 0.15) is 5.76 Å². The minimum atomic E-state index is -0.118. The Morgan fingerprint density at radius 1 is 1.17 bits per heavy atom. The van der Waals surface area contributed by atoms with E-state index < -0.39 is 0 Å². The SMILES string of the molecule is Cc1cc(NC(=O)Cc2nc(-c3ccccc3)oc2C)ccc1Br. The van der Waals surface area contributed by atoms with Gasteiger partial charge in [-0.2, -0.15) is 0 Å². The van der Waals surface area contributed by atoms with E-state index in [1.807, 2.05) is 62.4 Å². The number of carbonyl (C=O) groups is 1. The standard InChI is InChI=1S/C19H17BrN2O2/c1-12-10-15(8-9-16(12)20)21-18(23)11-17-13(2)24-19(22-17)14-6-4-3-5-7-14/h3-10H,11H2,1-2H3,(H,21,23). The van der Waals surface area contributed by atoms with Crippen LogP contribution in [0.15, 0.2) is 57.4 Å². The first-order chi connectivity index (χ1) is 11.5. The molecule has 1 amide bonds. The summed E-state index contributed by atoms with van der Waals surface area (Å²) in [6, 6.07) is 15.4. The van der Waals surface area contributed by atoms with Crippen molar-refractivity contribution in [1.82, 2.24) is 4.98 Å². The minimum Gasteiger partial charge on any atom is -0.441 e. The number of nitrogens with one attached hydrogen (secondary N) is 1. The van der Waals surface area contributed by atoms with Gasteiger partial charge >= 0.3 is 0 Å². The Bertz CT molecular complexity index is 872. The Kier molecular flexibility index (Phi) is 4.81. The fourth-order valence-electron chi connectivity index (χ4n) is 2.38. The maximum Gasteiger partial charge on any atom is 0.230 e. The Hall–Kier alpha value is -2.40. The van der Waals surface area contributed by atoms with Crippen LogP contribution in [0.2, 0.25) is 0 Å². The molecule has 4 nitrogen and oxygen atoms in total. The highest BCUT2D eigenvalue weighted by atomic mass is 79.9. The maximum atomic E-state index is 12.3. The number of rotatable bonds is 4. The van der Waals surface area contributed by atoms with E-state index in [0.717, 1.165) is 21.3 Å². The highest BCUT2D eigenvalue weighted by Gasteiger charge is 2.15. The van der Waals surface area contributed by atoms with E-state index in [2.05, 4.69) is 26.2 Å². The number of hydrogen-bond acceptors (Lipinski definition) is 3. The van der Waals surface area contributed by atoms with Gasteiger partial charge in [-0.1, -0.05) is 34.1 Å². The van der Waals surface area contributed by atoms with Crippen molar-refractivity contribution in [2.45, 2.75) is 20.3 Å². The maximum absolute atomic E-state index is 12.3. The molecular weight excluding hydrogens is 368 g/mol. The van der Waals surface area contributed by atoms with E-state index in [-0.39, 0.29) is 12.3 Å². The summed E-state index contributed by atoms with van der Waals surface area (Å²) in [4.78, 5) is 16.7. The summed E-state index contributed by atoms with van der Waals surface area (Å²) in [6.07, 6.45) is 0.178. The third-order valence-corrected chi connectivity index (χ3v) is 4.57. The fraction of sp³-hybridized carbons (Fsp3) is 0.158. The smallest absolute Gasteiger partial charge is 0.230 e. The molecule has 0 radical (unpaired) electrons. The monoisotopic (exact) mass is 384 g/mol. The molecule has 0 aliphatic rings. The molecule has 0 fully saturated rings. The number of nitrogens with zero attached hydrogens (tertiary/aromatic N) is 1. The molecule has 1 heterocycles. The second-order valence-corrected chi connectivity index (χ2v) is 6.43. The second-order valence-electron chi connectivity index (χ2n) is 5.58. The number of benzene rings is 2. The number of carbonyl (C=O) groups excluding carboxylic acids is 1. The van der Waals surface area contributed by atoms with E-state index in [0.29, 0.717) is 17.3 Å². The Morgan fingerprint density at radius 2 is 1.92 bits per heavy atom. The molecule has 0 aliphatic carbocycles. The molecule has 0 spiro atoms. The van der Waals surface area contributed by atoms with Crippen LogP contribution in [0.1, 0.15) is 17.0 Å². The van der Waals surface area contributed by atoms with Crippen LogP contribution in [0.25, 0.3) is 11.5 Å². The van der Waals surface area contributed by atoms with Crippen LogP contribution < -0.4 is 5.32 Å². The number of halogens is 1. The van der Waals surface area contributed by atoms with Gasteiger partial charge in [-0.05, 0) is 49.7 Å². The van der Waals surface area contributed by atoms with Gasteiger partial charge in [-0.25, -0.2) is 4.98 Å². The summed E-state index contributed by atoms with van der Waals surface area (Å²) in [5.41, 5.74) is 3.39. The molecule has 3 rings (SSSR count). The molecule has 0 saturated carbocycles. The van der Waals surface area contributed by atoms with E-state index in [1.165, 1.54) is 0 Å². The lowest BCUT2D eigenvalue weighted by Gasteiger charge is -2.06. The first-order valence-electron chi connectivity index (χ1n) is 7.60. The van der Waals surface area contributed by atoms with Crippen molar-refractivity contribution in [1.29, 1.82) is 0 Å². The summed E-state index contributed by atoms with van der Waals surface area (Å²) in [5, 5.41) is 2.89. The number of aryl methyl sites for hydroxylation is 2. The zero-order valence-corrected chi connectivity index (χ0v) is 15.1. The predicted molar refractivity (Wildman–Crippen MR) is 97.9 cm³/mol. The fourth-order valence-corrected chi connectivity index (χ4v) is 2.62. The van der Waals surface area contributed by atoms with Crippen molar-refractivity contribution >= 4 is 27.5 Å². The minimum absolute atomic E-state index is 0.118. The largest absolute Gasteiger partial charge is 0.441 e. The lowest BCUT2D eigenvalue weighted by atomic mass is 10.2. The quantitative estimate of drug-likeness (QED) is 0.695. The molecule has 2 aromatic carbocycles. The number of aromatic nitrogens is 1. The Morgan fingerprint density at radius 3 is 2.62 bits per heavy atom. The van der Waals surface area contributed by atoms with Crippen molar-refractivity contribution in [3.63, 3.8) is 0 Å². The average molecular weight is 385 g/mol. The topological polar surface area (TPSA) is 55.1 Å². The van der Waals surface area contributed by atoms with Crippen molar-refractivity contribution in [3.05, 3.63) is 70.0 Å². The van der Waals surface area contributed by atoms with Crippen molar-refractivity contribution in [2.75, 3.05) is 5.32 Å². The first kappa shape index (κ1) is 16.5. The molecule has 1 aromatic heterocycles. The van der Waals surface area contributed by atoms with Crippen molar-refractivity contribution < 1.29 is 9.21 Å². The third-order valence-electron chi connectivity index (χ3n) is 3.68. The number of amides is 1. The van der Waals surface area contributed by atoms with Gasteiger partial charge in [0.05, 0.1) is 12.1 Å². The van der Waals surface area contributed by atoms with Crippen molar-refractivity contribution in [3.8, 4) is 11.5 Å². The van der Waals surface area contributed by atoms with E-state index in [4.69, 9.17) is 4.42 Å². The number of anilines is 1. The highest BCUT2D eigenvalue weighted by molar-refractivity contribution is 9.10. The average Bonchev–Trinajstić information content (AvgIpc) is 2.93. The van der Waals surface area contributed by atoms with Gasteiger partial charge < -0.3 is 9.73 Å². The summed E-state index contributed by atoms with van der Waals surface area (Å²) in [7, 11) is 0. The summed E-state index contributed by atoms with van der Waals surface area (Å²) in [6.45, 7) is 3.81. The van der Waals surface area contributed by atoms with Crippen LogP contribution in [0.5, 0.6) is 0 Å². The summed E-state index contributed by atoms with van der Waals surface area (Å²) in [5.74, 6) is 1.08. The zero-order valence-electron chi connectivity index (χ0n) is 13.5. The lowest BCUT2D eigenvalue weighted by molar-refractivity contribution is -0.115. The van der Waals surface area contributed by atoms with Crippen LogP contribution >= 0.6 is 15.9 Å². The van der Waals surface area contributed by atoms with Gasteiger partial charge in [0.15, 0.2) is 0 Å². The molecule has 5 heteroatoms. The van der Waals surface area contributed by atoms with E-state index >= 15 is 0 Å². The Labute approximate surface area is 149 Å². The molecule has 0 aliphatic heterocycles. The van der Waals surface area contributed by atoms with E-state index in [1.54, 1.807) is 0 Å². The normalized spacial score (nSPS) is 10.6. The van der Waals surface area contributed by atoms with Crippen LogP contribution in [0.3, 0.4) is 0 Å². The van der Waals surface area contributed by atoms with Gasteiger partial charge in [0, 0.05) is 15.7 Å². The molecule has 24 heavy (non-hydrogen) atoms. The second kappa shape index (κ2) is 7.01. The molecule has 0 bridgehead atoms. The molecule has 0 unspecified atom stereocenters. The van der Waals surface area contributed by atoms with Crippen LogP contribution in [-0.2, 0) is 11.2 Å². The third kappa shape index (κ3) is 3.74. The molecule has 122 valence electrons. The lowest BCUT2D eigenvalue weighted by Crippen LogP contribution is -2.15. The molecule has 3 aromatic rings. The van der Waals surface area contributed by atoms with Gasteiger partial charge in [0.25, 0.3) is 0 Å². The zero-order chi connectivity index (χ0) is 17.1. The van der Waals surface area contributed by atoms with Gasteiger partial charge in [0.2, 0.25) is 11.8 Å². The summed E-state index contributed by atoms with van der Waals surface area (Å²) >= 11 is 3.45. The number of hydrogen-bond donors (Lipinski definition) is 1. The molecule has 0 atom stereocenters. The molecule has 0 saturated heterocycles. The van der Waals surface area contributed by atoms with Gasteiger partial charge in [-0.15, -0.1) is 0 Å². The van der Waals surface area contributed by atoms with E-state index in [9.17, 15) is 4.79 Å². The van der Waals surface area contributed by atoms with Crippen molar-refractivity contribution in [2.24, 2.45) is 0 Å². The van der Waals surface area contributed by atoms with Crippen LogP contribution in [0.4, 0.5) is 5.69 Å².